The van der Waals surface area contributed by atoms with Gasteiger partial charge in [0.25, 0.3) is 5.91 Å². The van der Waals surface area contributed by atoms with E-state index in [-0.39, 0.29) is 18.4 Å². The maximum atomic E-state index is 12.8. The molecule has 2 aromatic carbocycles. The first-order valence-corrected chi connectivity index (χ1v) is 8.51. The Hall–Kier alpha value is -3.35. The number of amides is 2. The molecule has 1 N–H and O–H groups in total. The van der Waals surface area contributed by atoms with Crippen LogP contribution in [0.4, 0.5) is 11.4 Å². The Labute approximate surface area is 156 Å². The lowest BCUT2D eigenvalue weighted by Gasteiger charge is -2.27. The second-order valence-electron chi connectivity index (χ2n) is 6.19. The summed E-state index contributed by atoms with van der Waals surface area (Å²) in [6.07, 6.45) is 0.157. The highest BCUT2D eigenvalue weighted by Crippen LogP contribution is 2.31. The smallest absolute Gasteiger partial charge is 0.338 e. The molecule has 7 nitrogen and oxygen atoms in total. The molecule has 0 aromatic heterocycles. The lowest BCUT2D eigenvalue weighted by atomic mass is 10.1. The van der Waals surface area contributed by atoms with Crippen molar-refractivity contribution in [2.45, 2.75) is 19.4 Å². The summed E-state index contributed by atoms with van der Waals surface area (Å²) >= 11 is 0. The van der Waals surface area contributed by atoms with Crippen molar-refractivity contribution in [3.8, 4) is 5.75 Å². The summed E-state index contributed by atoms with van der Waals surface area (Å²) < 4.78 is 10.3. The minimum Gasteiger partial charge on any atom is -0.497 e. The van der Waals surface area contributed by atoms with Crippen molar-refractivity contribution in [3.05, 3.63) is 54.1 Å². The number of anilines is 2. The molecule has 0 bridgehead atoms. The van der Waals surface area contributed by atoms with E-state index in [1.165, 1.54) is 12.0 Å². The molecule has 1 aliphatic heterocycles. The summed E-state index contributed by atoms with van der Waals surface area (Å²) in [5.41, 5.74) is 1.43. The second kappa shape index (κ2) is 7.90. The summed E-state index contributed by atoms with van der Waals surface area (Å²) in [5, 5.41) is 2.79. The monoisotopic (exact) mass is 368 g/mol. The zero-order valence-corrected chi connectivity index (χ0v) is 15.1. The Kier molecular flexibility index (Phi) is 5.40. The molecule has 1 atom stereocenters. The molecule has 0 spiro atoms. The molecular weight excluding hydrogens is 348 g/mol. The SMILES string of the molecule is COc1cccc(C(=O)OCC(=O)N2c3ccccc3NC(=O)C[C@H]2C)c1. The van der Waals surface area contributed by atoms with Crippen molar-refractivity contribution in [1.82, 2.24) is 0 Å². The van der Waals surface area contributed by atoms with Crippen LogP contribution in [0.5, 0.6) is 5.75 Å². The average Bonchev–Trinajstić information content (AvgIpc) is 2.80. The van der Waals surface area contributed by atoms with Crippen molar-refractivity contribution in [3.63, 3.8) is 0 Å². The zero-order valence-electron chi connectivity index (χ0n) is 15.1. The number of nitrogens with zero attached hydrogens (tertiary/aromatic N) is 1. The number of nitrogens with one attached hydrogen (secondary N) is 1. The quantitative estimate of drug-likeness (QED) is 0.839. The van der Waals surface area contributed by atoms with Crippen molar-refractivity contribution in [2.75, 3.05) is 23.9 Å². The first kappa shape index (κ1) is 18.4. The number of rotatable bonds is 4. The Morgan fingerprint density at radius 1 is 1.19 bits per heavy atom. The van der Waals surface area contributed by atoms with E-state index in [1.807, 2.05) is 0 Å². The maximum absolute atomic E-state index is 12.8. The first-order chi connectivity index (χ1) is 13.0. The predicted octanol–water partition coefficient (Wildman–Crippen LogP) is 2.62. The molecule has 7 heteroatoms. The van der Waals surface area contributed by atoms with E-state index in [0.717, 1.165) is 0 Å². The van der Waals surface area contributed by atoms with Gasteiger partial charge in [-0.2, -0.15) is 0 Å². The Balaban J connectivity index is 1.75. The Morgan fingerprint density at radius 3 is 2.74 bits per heavy atom. The van der Waals surface area contributed by atoms with Crippen LogP contribution in [0, 0.1) is 0 Å². The fraction of sp³-hybridized carbons (Fsp3) is 0.250. The lowest BCUT2D eigenvalue weighted by molar-refractivity contribution is -0.122. The molecule has 0 saturated heterocycles. The van der Waals surface area contributed by atoms with Crippen LogP contribution in [0.2, 0.25) is 0 Å². The van der Waals surface area contributed by atoms with Crippen LogP contribution in [0.3, 0.4) is 0 Å². The van der Waals surface area contributed by atoms with Gasteiger partial charge in [0, 0.05) is 12.5 Å². The van der Waals surface area contributed by atoms with Gasteiger partial charge in [-0.05, 0) is 37.3 Å². The molecule has 1 aliphatic rings. The number of methoxy groups -OCH3 is 1. The van der Waals surface area contributed by atoms with Crippen LogP contribution in [0.15, 0.2) is 48.5 Å². The van der Waals surface area contributed by atoms with E-state index >= 15 is 0 Å². The highest BCUT2D eigenvalue weighted by Gasteiger charge is 2.30. The molecule has 0 fully saturated rings. The molecule has 2 aromatic rings. The molecular formula is C20H20N2O5. The molecule has 3 rings (SSSR count). The summed E-state index contributed by atoms with van der Waals surface area (Å²) in [6, 6.07) is 13.2. The molecule has 27 heavy (non-hydrogen) atoms. The van der Waals surface area contributed by atoms with E-state index in [2.05, 4.69) is 5.32 Å². The number of benzene rings is 2. The summed E-state index contributed by atoms with van der Waals surface area (Å²) in [6.45, 7) is 1.35. The number of carbonyl (C=O) groups excluding carboxylic acids is 3. The molecule has 1 heterocycles. The highest BCUT2D eigenvalue weighted by atomic mass is 16.5. The van der Waals surface area contributed by atoms with Gasteiger partial charge in [-0.3, -0.25) is 9.59 Å². The van der Waals surface area contributed by atoms with Gasteiger partial charge < -0.3 is 19.7 Å². The van der Waals surface area contributed by atoms with Gasteiger partial charge in [0.1, 0.15) is 5.75 Å². The van der Waals surface area contributed by atoms with E-state index in [0.29, 0.717) is 22.7 Å². The molecule has 2 amide bonds. The van der Waals surface area contributed by atoms with E-state index in [9.17, 15) is 14.4 Å². The molecule has 140 valence electrons. The Bertz CT molecular complexity index is 880. The number of esters is 1. The van der Waals surface area contributed by atoms with Gasteiger partial charge in [-0.25, -0.2) is 4.79 Å². The zero-order chi connectivity index (χ0) is 19.4. The van der Waals surface area contributed by atoms with Crippen LogP contribution in [-0.2, 0) is 14.3 Å². The van der Waals surface area contributed by atoms with Crippen molar-refractivity contribution in [1.29, 1.82) is 0 Å². The van der Waals surface area contributed by atoms with Gasteiger partial charge in [-0.15, -0.1) is 0 Å². The van der Waals surface area contributed by atoms with Crippen LogP contribution < -0.4 is 15.0 Å². The summed E-state index contributed by atoms with van der Waals surface area (Å²) in [4.78, 5) is 38.5. The summed E-state index contributed by atoms with van der Waals surface area (Å²) in [5.74, 6) is -0.663. The first-order valence-electron chi connectivity index (χ1n) is 8.51. The highest BCUT2D eigenvalue weighted by molar-refractivity contribution is 6.05. The third kappa shape index (κ3) is 4.08. The predicted molar refractivity (Wildman–Crippen MR) is 99.9 cm³/mol. The van der Waals surface area contributed by atoms with Gasteiger partial charge in [0.05, 0.1) is 24.0 Å². The van der Waals surface area contributed by atoms with Crippen molar-refractivity contribution < 1.29 is 23.9 Å². The maximum Gasteiger partial charge on any atom is 0.338 e. The van der Waals surface area contributed by atoms with Gasteiger partial charge >= 0.3 is 5.97 Å². The third-order valence-electron chi connectivity index (χ3n) is 4.26. The molecule has 0 radical (unpaired) electrons. The van der Waals surface area contributed by atoms with E-state index in [1.54, 1.807) is 55.5 Å². The second-order valence-corrected chi connectivity index (χ2v) is 6.19. The lowest BCUT2D eigenvalue weighted by Crippen LogP contribution is -2.41. The molecule has 0 saturated carbocycles. The normalized spacial score (nSPS) is 16.0. The number of carbonyl (C=O) groups is 3. The van der Waals surface area contributed by atoms with Crippen LogP contribution in [0.25, 0.3) is 0 Å². The Morgan fingerprint density at radius 2 is 1.96 bits per heavy atom. The van der Waals surface area contributed by atoms with Crippen LogP contribution in [0.1, 0.15) is 23.7 Å². The van der Waals surface area contributed by atoms with Gasteiger partial charge in [0.2, 0.25) is 5.91 Å². The van der Waals surface area contributed by atoms with Crippen LogP contribution in [-0.4, -0.2) is 37.5 Å². The fourth-order valence-corrected chi connectivity index (χ4v) is 3.00. The van der Waals surface area contributed by atoms with Crippen molar-refractivity contribution >= 4 is 29.2 Å². The molecule has 0 unspecified atom stereocenters. The number of hydrogen-bond donors (Lipinski definition) is 1. The fourth-order valence-electron chi connectivity index (χ4n) is 3.00. The minimum absolute atomic E-state index is 0.157. The number of ether oxygens (including phenoxy) is 2. The van der Waals surface area contributed by atoms with E-state index in [4.69, 9.17) is 9.47 Å². The summed E-state index contributed by atoms with van der Waals surface area (Å²) in [7, 11) is 1.50. The largest absolute Gasteiger partial charge is 0.497 e. The number of para-hydroxylation sites is 2. The number of fused-ring (bicyclic) bond motifs is 1. The average molecular weight is 368 g/mol. The van der Waals surface area contributed by atoms with Crippen LogP contribution >= 0.6 is 0 Å². The third-order valence-corrected chi connectivity index (χ3v) is 4.26. The van der Waals surface area contributed by atoms with Crippen molar-refractivity contribution in [2.24, 2.45) is 0 Å². The van der Waals surface area contributed by atoms with Gasteiger partial charge in [-0.1, -0.05) is 18.2 Å². The standard InChI is InChI=1S/C20H20N2O5/c1-13-10-18(23)21-16-8-3-4-9-17(16)22(13)19(24)12-27-20(25)14-6-5-7-15(11-14)26-2/h3-9,11,13H,10,12H2,1-2H3,(H,21,23)/t13-/m1/s1. The molecule has 0 aliphatic carbocycles. The number of hydrogen-bond acceptors (Lipinski definition) is 5. The van der Waals surface area contributed by atoms with Gasteiger partial charge in [0.15, 0.2) is 6.61 Å². The van der Waals surface area contributed by atoms with E-state index < -0.39 is 18.5 Å². The topological polar surface area (TPSA) is 84.9 Å². The minimum atomic E-state index is -0.618.